The third kappa shape index (κ3) is 3.20. The molecule has 0 aliphatic carbocycles. The number of aromatic carboxylic acids is 1. The second-order valence-electron chi connectivity index (χ2n) is 3.96. The Kier molecular flexibility index (Phi) is 3.97. The second-order valence-corrected chi connectivity index (χ2v) is 4.84. The van der Waals surface area contributed by atoms with Gasteiger partial charge in [-0.1, -0.05) is 0 Å². The van der Waals surface area contributed by atoms with E-state index in [9.17, 15) is 4.79 Å². The largest absolute Gasteiger partial charge is 0.478 e. The lowest BCUT2D eigenvalue weighted by Gasteiger charge is -2.10. The normalized spacial score (nSPS) is 10.2. The molecule has 0 atom stereocenters. The van der Waals surface area contributed by atoms with Crippen molar-refractivity contribution in [2.45, 2.75) is 4.90 Å². The maximum Gasteiger partial charge on any atom is 0.335 e. The summed E-state index contributed by atoms with van der Waals surface area (Å²) in [6.45, 7) is 0. The molecule has 5 heteroatoms. The minimum atomic E-state index is -0.984. The number of carboxylic acid groups (broad SMARTS) is 1. The number of carbonyl (C=O) groups is 1. The zero-order valence-corrected chi connectivity index (χ0v) is 11.2. The monoisotopic (exact) mass is 274 g/mol. The highest BCUT2D eigenvalue weighted by molar-refractivity contribution is 7.98. The van der Waals surface area contributed by atoms with E-state index in [-0.39, 0.29) is 5.56 Å². The van der Waals surface area contributed by atoms with Crippen LogP contribution in [0.2, 0.25) is 0 Å². The van der Waals surface area contributed by atoms with Crippen LogP contribution in [-0.4, -0.2) is 17.3 Å². The molecule has 0 aromatic heterocycles. The van der Waals surface area contributed by atoms with Crippen molar-refractivity contribution < 1.29 is 9.90 Å². The fourth-order valence-electron chi connectivity index (χ4n) is 1.64. The van der Waals surface area contributed by atoms with E-state index in [0.717, 1.165) is 5.69 Å². The maximum atomic E-state index is 10.8. The number of anilines is 3. The van der Waals surface area contributed by atoms with Crippen LogP contribution in [0.1, 0.15) is 10.4 Å². The molecule has 2 aromatic rings. The van der Waals surface area contributed by atoms with Crippen molar-refractivity contribution in [3.05, 3.63) is 48.0 Å². The topological polar surface area (TPSA) is 75.3 Å². The summed E-state index contributed by atoms with van der Waals surface area (Å²) in [5.74, 6) is -0.984. The molecule has 0 bridgehead atoms. The molecule has 2 rings (SSSR count). The van der Waals surface area contributed by atoms with Gasteiger partial charge in [0.1, 0.15) is 0 Å². The predicted octanol–water partition coefficient (Wildman–Crippen LogP) is 3.43. The van der Waals surface area contributed by atoms with E-state index in [0.29, 0.717) is 11.4 Å². The van der Waals surface area contributed by atoms with Crippen molar-refractivity contribution in [1.29, 1.82) is 0 Å². The summed E-state index contributed by atoms with van der Waals surface area (Å²) in [7, 11) is 0. The molecule has 0 unspecified atom stereocenters. The molecule has 0 aliphatic heterocycles. The van der Waals surface area contributed by atoms with Crippen LogP contribution in [-0.2, 0) is 0 Å². The summed E-state index contributed by atoms with van der Waals surface area (Å²) < 4.78 is 0. The first kappa shape index (κ1) is 13.3. The fourth-order valence-corrected chi connectivity index (χ4v) is 2.05. The number of carboxylic acids is 1. The third-order valence-corrected chi connectivity index (χ3v) is 3.41. The average Bonchev–Trinajstić information content (AvgIpc) is 2.41. The molecule has 0 amide bonds. The van der Waals surface area contributed by atoms with E-state index in [1.165, 1.54) is 17.0 Å². The SMILES string of the molecule is CSc1ccc(Nc2ccc(C(=O)O)cc2N)cc1. The van der Waals surface area contributed by atoms with Crippen molar-refractivity contribution in [2.75, 3.05) is 17.3 Å². The molecule has 4 N–H and O–H groups in total. The van der Waals surface area contributed by atoms with Gasteiger partial charge in [0.25, 0.3) is 0 Å². The second kappa shape index (κ2) is 5.67. The van der Waals surface area contributed by atoms with Gasteiger partial charge in [-0.05, 0) is 48.7 Å². The van der Waals surface area contributed by atoms with Crippen LogP contribution in [0.15, 0.2) is 47.4 Å². The van der Waals surface area contributed by atoms with Crippen molar-refractivity contribution >= 4 is 34.8 Å². The number of benzene rings is 2. The predicted molar refractivity (Wildman–Crippen MR) is 79.3 cm³/mol. The van der Waals surface area contributed by atoms with Gasteiger partial charge >= 0.3 is 5.97 Å². The molecular formula is C14H14N2O2S. The standard InChI is InChI=1S/C14H14N2O2S/c1-19-11-5-3-10(4-6-11)16-13-7-2-9(14(17)18)8-12(13)15/h2-8,16H,15H2,1H3,(H,17,18). The first-order valence-corrected chi connectivity index (χ1v) is 6.86. The first-order valence-electron chi connectivity index (χ1n) is 5.64. The minimum absolute atomic E-state index is 0.181. The lowest BCUT2D eigenvalue weighted by Crippen LogP contribution is -2.01. The third-order valence-electron chi connectivity index (χ3n) is 2.67. The number of nitrogens with two attached hydrogens (primary N) is 1. The Morgan fingerprint density at radius 1 is 1.21 bits per heavy atom. The molecule has 0 fully saturated rings. The minimum Gasteiger partial charge on any atom is -0.478 e. The Morgan fingerprint density at radius 3 is 2.42 bits per heavy atom. The van der Waals surface area contributed by atoms with Gasteiger partial charge in [0.05, 0.1) is 16.9 Å². The van der Waals surface area contributed by atoms with Gasteiger partial charge in [0.15, 0.2) is 0 Å². The van der Waals surface area contributed by atoms with Gasteiger partial charge in [0.2, 0.25) is 0 Å². The molecule has 0 spiro atoms. The Hall–Kier alpha value is -2.14. The van der Waals surface area contributed by atoms with Gasteiger partial charge in [-0.2, -0.15) is 0 Å². The molecule has 0 saturated carbocycles. The summed E-state index contributed by atoms with van der Waals surface area (Å²) in [4.78, 5) is 12.0. The van der Waals surface area contributed by atoms with E-state index in [4.69, 9.17) is 10.8 Å². The van der Waals surface area contributed by atoms with E-state index >= 15 is 0 Å². The van der Waals surface area contributed by atoms with E-state index in [1.54, 1.807) is 17.8 Å². The lowest BCUT2D eigenvalue weighted by molar-refractivity contribution is 0.0697. The summed E-state index contributed by atoms with van der Waals surface area (Å²) in [6, 6.07) is 12.6. The first-order chi connectivity index (χ1) is 9.10. The van der Waals surface area contributed by atoms with Crippen LogP contribution in [0.4, 0.5) is 17.1 Å². The number of nitrogen functional groups attached to an aromatic ring is 1. The summed E-state index contributed by atoms with van der Waals surface area (Å²) >= 11 is 1.67. The van der Waals surface area contributed by atoms with Crippen LogP contribution >= 0.6 is 11.8 Å². The Bertz CT molecular complexity index is 597. The van der Waals surface area contributed by atoms with E-state index in [2.05, 4.69) is 5.32 Å². The summed E-state index contributed by atoms with van der Waals surface area (Å²) in [5, 5.41) is 12.0. The van der Waals surface area contributed by atoms with Crippen LogP contribution in [0.25, 0.3) is 0 Å². The number of nitrogens with one attached hydrogen (secondary N) is 1. The molecule has 0 radical (unpaired) electrons. The van der Waals surface area contributed by atoms with Gasteiger partial charge in [-0.25, -0.2) is 4.79 Å². The fraction of sp³-hybridized carbons (Fsp3) is 0.0714. The highest BCUT2D eigenvalue weighted by atomic mass is 32.2. The smallest absolute Gasteiger partial charge is 0.335 e. The van der Waals surface area contributed by atoms with Gasteiger partial charge in [0, 0.05) is 10.6 Å². The summed E-state index contributed by atoms with van der Waals surface area (Å²) in [5.41, 5.74) is 8.03. The molecule has 0 saturated heterocycles. The number of rotatable bonds is 4. The average molecular weight is 274 g/mol. The van der Waals surface area contributed by atoms with Crippen LogP contribution in [0.5, 0.6) is 0 Å². The molecule has 0 aliphatic rings. The summed E-state index contributed by atoms with van der Waals surface area (Å²) in [6.07, 6.45) is 2.02. The van der Waals surface area contributed by atoms with E-state index < -0.39 is 5.97 Å². The zero-order valence-electron chi connectivity index (χ0n) is 10.4. The van der Waals surface area contributed by atoms with Crippen molar-refractivity contribution in [3.8, 4) is 0 Å². The Labute approximate surface area is 115 Å². The van der Waals surface area contributed by atoms with Crippen LogP contribution < -0.4 is 11.1 Å². The van der Waals surface area contributed by atoms with Crippen molar-refractivity contribution in [1.82, 2.24) is 0 Å². The lowest BCUT2D eigenvalue weighted by atomic mass is 10.1. The Morgan fingerprint density at radius 2 is 1.89 bits per heavy atom. The van der Waals surface area contributed by atoms with Crippen LogP contribution in [0, 0.1) is 0 Å². The zero-order chi connectivity index (χ0) is 13.8. The number of hydrogen-bond acceptors (Lipinski definition) is 4. The van der Waals surface area contributed by atoms with Gasteiger partial charge < -0.3 is 16.2 Å². The van der Waals surface area contributed by atoms with Crippen LogP contribution in [0.3, 0.4) is 0 Å². The molecule has 0 heterocycles. The van der Waals surface area contributed by atoms with Crippen molar-refractivity contribution in [2.24, 2.45) is 0 Å². The van der Waals surface area contributed by atoms with Crippen molar-refractivity contribution in [3.63, 3.8) is 0 Å². The Balaban J connectivity index is 2.20. The number of hydrogen-bond donors (Lipinski definition) is 3. The van der Waals surface area contributed by atoms with Gasteiger partial charge in [-0.15, -0.1) is 11.8 Å². The molecule has 2 aromatic carbocycles. The highest BCUT2D eigenvalue weighted by Gasteiger charge is 2.06. The molecule has 19 heavy (non-hydrogen) atoms. The molecule has 4 nitrogen and oxygen atoms in total. The highest BCUT2D eigenvalue weighted by Crippen LogP contribution is 2.25. The maximum absolute atomic E-state index is 10.8. The molecular weight excluding hydrogens is 260 g/mol. The van der Waals surface area contributed by atoms with E-state index in [1.807, 2.05) is 30.5 Å². The number of thioether (sulfide) groups is 1. The quantitative estimate of drug-likeness (QED) is 0.588. The molecule has 98 valence electrons. The van der Waals surface area contributed by atoms with Gasteiger partial charge in [-0.3, -0.25) is 0 Å².